The number of hydrogen-bond acceptors (Lipinski definition) is 3. The number of hydrogen-bond donors (Lipinski definition) is 1. The molecular formula is C24H23FN2O3S. The first-order valence-electron chi connectivity index (χ1n) is 9.96. The van der Waals surface area contributed by atoms with Gasteiger partial charge in [0.1, 0.15) is 12.4 Å². The van der Waals surface area contributed by atoms with E-state index in [4.69, 9.17) is 0 Å². The van der Waals surface area contributed by atoms with Crippen LogP contribution in [0.2, 0.25) is 0 Å². The van der Waals surface area contributed by atoms with Gasteiger partial charge in [0.05, 0.1) is 16.6 Å². The van der Waals surface area contributed by atoms with E-state index in [9.17, 15) is 17.6 Å². The molecule has 4 rings (SSSR count). The zero-order valence-electron chi connectivity index (χ0n) is 17.5. The van der Waals surface area contributed by atoms with E-state index in [1.54, 1.807) is 18.2 Å². The van der Waals surface area contributed by atoms with Crippen LogP contribution in [0.25, 0.3) is 11.1 Å². The van der Waals surface area contributed by atoms with E-state index < -0.39 is 28.3 Å². The van der Waals surface area contributed by atoms with Gasteiger partial charge in [0.25, 0.3) is 10.0 Å². The lowest BCUT2D eigenvalue weighted by Crippen LogP contribution is -2.43. The number of nitrogens with one attached hydrogen (secondary N) is 1. The molecule has 31 heavy (non-hydrogen) atoms. The average Bonchev–Trinajstić information content (AvgIpc) is 2.73. The van der Waals surface area contributed by atoms with Gasteiger partial charge in [-0.05, 0) is 61.7 Å². The van der Waals surface area contributed by atoms with Gasteiger partial charge in [0.2, 0.25) is 5.91 Å². The number of carbonyl (C=O) groups is 1. The summed E-state index contributed by atoms with van der Waals surface area (Å²) in [6.45, 7) is 5.47. The number of fused-ring (bicyclic) bond motifs is 3. The number of aryl methyl sites for hydroxylation is 2. The van der Waals surface area contributed by atoms with Gasteiger partial charge in [-0.15, -0.1) is 0 Å². The molecule has 0 radical (unpaired) electrons. The summed E-state index contributed by atoms with van der Waals surface area (Å²) in [4.78, 5) is 12.9. The molecular weight excluding hydrogens is 415 g/mol. The molecule has 160 valence electrons. The Morgan fingerprint density at radius 2 is 1.74 bits per heavy atom. The Hall–Kier alpha value is -3.19. The lowest BCUT2D eigenvalue weighted by atomic mass is 10.0. The number of rotatable bonds is 4. The van der Waals surface area contributed by atoms with Crippen LogP contribution < -0.4 is 9.62 Å². The summed E-state index contributed by atoms with van der Waals surface area (Å²) in [7, 11) is -3.97. The summed E-state index contributed by atoms with van der Waals surface area (Å²) in [5.41, 5.74) is 4.37. The van der Waals surface area contributed by atoms with Crippen molar-refractivity contribution in [2.45, 2.75) is 31.7 Å². The largest absolute Gasteiger partial charge is 0.348 e. The van der Waals surface area contributed by atoms with Crippen molar-refractivity contribution in [2.75, 3.05) is 10.8 Å². The summed E-state index contributed by atoms with van der Waals surface area (Å²) in [6, 6.07) is 16.0. The van der Waals surface area contributed by atoms with E-state index in [-0.39, 0.29) is 16.6 Å². The van der Waals surface area contributed by atoms with Crippen LogP contribution in [0.5, 0.6) is 0 Å². The molecule has 1 amide bonds. The molecule has 5 nitrogen and oxygen atoms in total. The third-order valence-electron chi connectivity index (χ3n) is 5.67. The van der Waals surface area contributed by atoms with Crippen molar-refractivity contribution in [3.05, 3.63) is 83.2 Å². The maximum absolute atomic E-state index is 13.9. The van der Waals surface area contributed by atoms with E-state index in [0.717, 1.165) is 21.0 Å². The number of carbonyl (C=O) groups excluding carboxylic acids is 1. The highest BCUT2D eigenvalue weighted by Gasteiger charge is 2.36. The van der Waals surface area contributed by atoms with Crippen molar-refractivity contribution in [3.63, 3.8) is 0 Å². The molecule has 0 unspecified atom stereocenters. The molecule has 3 aromatic carbocycles. The summed E-state index contributed by atoms with van der Waals surface area (Å²) >= 11 is 0. The topological polar surface area (TPSA) is 66.5 Å². The minimum absolute atomic E-state index is 0.0584. The van der Waals surface area contributed by atoms with Gasteiger partial charge in [0.15, 0.2) is 0 Å². The van der Waals surface area contributed by atoms with Crippen molar-refractivity contribution in [1.82, 2.24) is 5.32 Å². The lowest BCUT2D eigenvalue weighted by molar-refractivity contribution is -0.120. The summed E-state index contributed by atoms with van der Waals surface area (Å²) in [6.07, 6.45) is 0. The van der Waals surface area contributed by atoms with Crippen molar-refractivity contribution in [2.24, 2.45) is 0 Å². The van der Waals surface area contributed by atoms with Crippen molar-refractivity contribution >= 4 is 21.6 Å². The van der Waals surface area contributed by atoms with Crippen LogP contribution in [0, 0.1) is 19.7 Å². The van der Waals surface area contributed by atoms with E-state index in [1.165, 1.54) is 24.3 Å². The lowest BCUT2D eigenvalue weighted by Gasteiger charge is -2.32. The van der Waals surface area contributed by atoms with Crippen molar-refractivity contribution in [1.29, 1.82) is 0 Å². The van der Waals surface area contributed by atoms with Crippen molar-refractivity contribution < 1.29 is 17.6 Å². The molecule has 1 aliphatic rings. The first-order valence-corrected chi connectivity index (χ1v) is 11.4. The van der Waals surface area contributed by atoms with Crippen LogP contribution in [0.4, 0.5) is 10.1 Å². The first-order chi connectivity index (χ1) is 14.7. The fourth-order valence-corrected chi connectivity index (χ4v) is 5.46. The van der Waals surface area contributed by atoms with Gasteiger partial charge in [-0.25, -0.2) is 12.8 Å². The number of sulfonamides is 1. The SMILES string of the molecule is Cc1ccc([C@@H](C)NC(=O)CN2c3ccc(F)cc3-c3ccccc3S2(=O)=O)cc1C. The Morgan fingerprint density at radius 1 is 1.00 bits per heavy atom. The average molecular weight is 439 g/mol. The maximum Gasteiger partial charge on any atom is 0.265 e. The van der Waals surface area contributed by atoms with Gasteiger partial charge in [-0.2, -0.15) is 0 Å². The molecule has 7 heteroatoms. The second kappa shape index (κ2) is 7.81. The number of nitrogens with zero attached hydrogens (tertiary/aromatic N) is 1. The second-order valence-corrected chi connectivity index (χ2v) is 9.63. The first kappa shape index (κ1) is 21.1. The molecule has 0 bridgehead atoms. The van der Waals surface area contributed by atoms with Gasteiger partial charge in [-0.3, -0.25) is 9.10 Å². The smallest absolute Gasteiger partial charge is 0.265 e. The maximum atomic E-state index is 13.9. The highest BCUT2D eigenvalue weighted by molar-refractivity contribution is 7.93. The van der Waals surface area contributed by atoms with Crippen molar-refractivity contribution in [3.8, 4) is 11.1 Å². The molecule has 1 heterocycles. The normalized spacial score (nSPS) is 15.0. The minimum Gasteiger partial charge on any atom is -0.348 e. The Morgan fingerprint density at radius 3 is 2.48 bits per heavy atom. The summed E-state index contributed by atoms with van der Waals surface area (Å²) < 4.78 is 41.5. The Bertz CT molecular complexity index is 1290. The fraction of sp³-hybridized carbons (Fsp3) is 0.208. The van der Waals surface area contributed by atoms with E-state index in [1.807, 2.05) is 39.0 Å². The molecule has 0 saturated heterocycles. The molecule has 3 aromatic rings. The second-order valence-electron chi connectivity index (χ2n) is 7.80. The molecule has 1 atom stereocenters. The molecule has 0 spiro atoms. The molecule has 1 N–H and O–H groups in total. The Balaban J connectivity index is 1.65. The van der Waals surface area contributed by atoms with Gasteiger partial charge in [0, 0.05) is 11.1 Å². The zero-order valence-corrected chi connectivity index (χ0v) is 18.3. The summed E-state index contributed by atoms with van der Waals surface area (Å²) in [5.74, 6) is -0.912. The van der Waals surface area contributed by atoms with Crippen LogP contribution >= 0.6 is 0 Å². The van der Waals surface area contributed by atoms with E-state index >= 15 is 0 Å². The standard InChI is InChI=1S/C24H23FN2O3S/c1-15-8-9-18(12-16(15)2)17(3)26-24(28)14-27-22-11-10-19(25)13-21(22)20-6-4-5-7-23(20)31(27,29)30/h4-13,17H,14H2,1-3H3,(H,26,28)/t17-/m1/s1. The molecule has 0 aliphatic carbocycles. The third-order valence-corrected chi connectivity index (χ3v) is 7.49. The highest BCUT2D eigenvalue weighted by Crippen LogP contribution is 2.43. The molecule has 0 saturated carbocycles. The van der Waals surface area contributed by atoms with E-state index in [0.29, 0.717) is 11.1 Å². The van der Waals surface area contributed by atoms with E-state index in [2.05, 4.69) is 5.32 Å². The van der Waals surface area contributed by atoms with Gasteiger partial charge >= 0.3 is 0 Å². The summed E-state index contributed by atoms with van der Waals surface area (Å²) in [5, 5.41) is 2.87. The predicted molar refractivity (Wildman–Crippen MR) is 119 cm³/mol. The van der Waals surface area contributed by atoms with Gasteiger partial charge in [-0.1, -0.05) is 36.4 Å². The monoisotopic (exact) mass is 438 g/mol. The van der Waals surface area contributed by atoms with Crippen LogP contribution in [-0.4, -0.2) is 20.9 Å². The number of amides is 1. The molecule has 0 fully saturated rings. The number of halogens is 1. The minimum atomic E-state index is -3.97. The molecule has 1 aliphatic heterocycles. The third kappa shape index (κ3) is 3.81. The Labute approximate surface area is 181 Å². The number of benzene rings is 3. The Kier molecular flexibility index (Phi) is 5.31. The molecule has 0 aromatic heterocycles. The van der Waals surface area contributed by atoms with Gasteiger partial charge < -0.3 is 5.32 Å². The zero-order chi connectivity index (χ0) is 22.3. The van der Waals surface area contributed by atoms with Crippen LogP contribution in [-0.2, 0) is 14.8 Å². The highest BCUT2D eigenvalue weighted by atomic mass is 32.2. The fourth-order valence-electron chi connectivity index (χ4n) is 3.81. The predicted octanol–water partition coefficient (Wildman–Crippen LogP) is 4.50. The van der Waals surface area contributed by atoms with Crippen LogP contribution in [0.15, 0.2) is 65.6 Å². The van der Waals surface area contributed by atoms with Crippen LogP contribution in [0.3, 0.4) is 0 Å². The number of anilines is 1. The van der Waals surface area contributed by atoms with Crippen LogP contribution in [0.1, 0.15) is 29.7 Å². The quantitative estimate of drug-likeness (QED) is 0.652.